The first-order valence-electron chi connectivity index (χ1n) is 9.48. The number of ether oxygens (including phenoxy) is 1. The zero-order chi connectivity index (χ0) is 20.7. The van der Waals surface area contributed by atoms with Crippen LogP contribution in [-0.4, -0.2) is 54.6 Å². The topological polar surface area (TPSA) is 95.1 Å². The number of guanidine groups is 1. The van der Waals surface area contributed by atoms with Crippen LogP contribution in [0.5, 0.6) is 0 Å². The smallest absolute Gasteiger partial charge is 0.407 e. The van der Waals surface area contributed by atoms with Gasteiger partial charge in [0.25, 0.3) is 0 Å². The van der Waals surface area contributed by atoms with Gasteiger partial charge in [-0.15, -0.1) is 0 Å². The standard InChI is InChI=1S/C20H31N5O3/c1-14(26)23-16-8-6-7-15(11-16)12-22-18(21-5)25-10-9-17(13-25)24-19(27)28-20(2,3)4/h6-8,11,17H,9-10,12-13H2,1-5H3,(H,21,22)(H,23,26)(H,24,27). The predicted octanol–water partition coefficient (Wildman–Crippen LogP) is 2.32. The maximum atomic E-state index is 12.0. The van der Waals surface area contributed by atoms with Gasteiger partial charge in [-0.1, -0.05) is 12.1 Å². The van der Waals surface area contributed by atoms with Crippen molar-refractivity contribution in [3.05, 3.63) is 29.8 Å². The number of nitrogens with one attached hydrogen (secondary N) is 3. The molecular weight excluding hydrogens is 358 g/mol. The van der Waals surface area contributed by atoms with Crippen LogP contribution in [0.1, 0.15) is 39.7 Å². The Labute approximate surface area is 166 Å². The Hall–Kier alpha value is -2.77. The Morgan fingerprint density at radius 3 is 2.71 bits per heavy atom. The minimum Gasteiger partial charge on any atom is -0.444 e. The number of carbonyl (C=O) groups is 2. The number of carbonyl (C=O) groups excluding carboxylic acids is 2. The van der Waals surface area contributed by atoms with Crippen LogP contribution in [0, 0.1) is 0 Å². The van der Waals surface area contributed by atoms with Gasteiger partial charge in [0.2, 0.25) is 5.91 Å². The van der Waals surface area contributed by atoms with E-state index in [4.69, 9.17) is 4.74 Å². The van der Waals surface area contributed by atoms with E-state index in [1.54, 1.807) is 7.05 Å². The van der Waals surface area contributed by atoms with Crippen molar-refractivity contribution in [3.63, 3.8) is 0 Å². The molecule has 0 saturated carbocycles. The number of alkyl carbamates (subject to hydrolysis) is 1. The minimum absolute atomic E-state index is 0.0245. The average Bonchev–Trinajstić information content (AvgIpc) is 3.01. The molecule has 2 rings (SSSR count). The molecule has 3 N–H and O–H groups in total. The molecule has 8 heteroatoms. The second-order valence-electron chi connectivity index (χ2n) is 7.86. The number of aliphatic imine (C=N–C) groups is 1. The Bertz CT molecular complexity index is 727. The van der Waals surface area contributed by atoms with E-state index in [-0.39, 0.29) is 11.9 Å². The lowest BCUT2D eigenvalue weighted by atomic mass is 10.2. The molecule has 1 aliphatic heterocycles. The Balaban J connectivity index is 1.86. The average molecular weight is 390 g/mol. The van der Waals surface area contributed by atoms with Gasteiger partial charge in [0.1, 0.15) is 5.60 Å². The fourth-order valence-electron chi connectivity index (χ4n) is 3.02. The van der Waals surface area contributed by atoms with Crippen molar-refractivity contribution >= 4 is 23.6 Å². The zero-order valence-corrected chi connectivity index (χ0v) is 17.3. The molecule has 1 saturated heterocycles. The third-order valence-corrected chi connectivity index (χ3v) is 4.12. The lowest BCUT2D eigenvalue weighted by Gasteiger charge is -2.23. The van der Waals surface area contributed by atoms with E-state index in [1.165, 1.54) is 6.92 Å². The van der Waals surface area contributed by atoms with Gasteiger partial charge in [-0.3, -0.25) is 9.79 Å². The first-order chi connectivity index (χ1) is 13.2. The normalized spacial score (nSPS) is 17.2. The van der Waals surface area contributed by atoms with Crippen LogP contribution in [0.2, 0.25) is 0 Å². The summed E-state index contributed by atoms with van der Waals surface area (Å²) < 4.78 is 5.32. The molecule has 1 aromatic carbocycles. The van der Waals surface area contributed by atoms with Gasteiger partial charge in [0.05, 0.1) is 6.04 Å². The predicted molar refractivity (Wildman–Crippen MR) is 110 cm³/mol. The molecule has 0 aromatic heterocycles. The third kappa shape index (κ3) is 7.09. The summed E-state index contributed by atoms with van der Waals surface area (Å²) in [5, 5.41) is 9.04. The molecule has 0 spiro atoms. The Morgan fingerprint density at radius 2 is 2.07 bits per heavy atom. The monoisotopic (exact) mass is 389 g/mol. The number of amides is 2. The van der Waals surface area contributed by atoms with E-state index in [9.17, 15) is 9.59 Å². The Morgan fingerprint density at radius 1 is 1.32 bits per heavy atom. The van der Waals surface area contributed by atoms with Crippen molar-refractivity contribution < 1.29 is 14.3 Å². The van der Waals surface area contributed by atoms with Crippen LogP contribution in [-0.2, 0) is 16.1 Å². The number of hydrogen-bond acceptors (Lipinski definition) is 4. The van der Waals surface area contributed by atoms with Gasteiger partial charge in [-0.2, -0.15) is 0 Å². The Kier molecular flexibility index (Phi) is 7.25. The fraction of sp³-hybridized carbons (Fsp3) is 0.550. The lowest BCUT2D eigenvalue weighted by molar-refractivity contribution is -0.114. The van der Waals surface area contributed by atoms with Crippen molar-refractivity contribution in [3.8, 4) is 0 Å². The molecule has 0 bridgehead atoms. The van der Waals surface area contributed by atoms with E-state index >= 15 is 0 Å². The summed E-state index contributed by atoms with van der Waals surface area (Å²) in [5.41, 5.74) is 1.30. The molecule has 1 atom stereocenters. The van der Waals surface area contributed by atoms with Crippen LogP contribution in [0.25, 0.3) is 0 Å². The first kappa shape index (κ1) is 21.5. The molecule has 8 nitrogen and oxygen atoms in total. The number of benzene rings is 1. The van der Waals surface area contributed by atoms with E-state index in [2.05, 4.69) is 25.8 Å². The van der Waals surface area contributed by atoms with Crippen molar-refractivity contribution in [2.24, 2.45) is 4.99 Å². The van der Waals surface area contributed by atoms with Gasteiger partial charge < -0.3 is 25.6 Å². The number of rotatable bonds is 4. The van der Waals surface area contributed by atoms with Crippen molar-refractivity contribution in [1.29, 1.82) is 0 Å². The molecule has 2 amide bonds. The second-order valence-corrected chi connectivity index (χ2v) is 7.86. The largest absolute Gasteiger partial charge is 0.444 e. The molecule has 154 valence electrons. The fourth-order valence-corrected chi connectivity index (χ4v) is 3.02. The summed E-state index contributed by atoms with van der Waals surface area (Å²) in [7, 11) is 1.74. The highest BCUT2D eigenvalue weighted by molar-refractivity contribution is 5.88. The summed E-state index contributed by atoms with van der Waals surface area (Å²) in [6.45, 7) is 9.08. The second kappa shape index (κ2) is 9.43. The summed E-state index contributed by atoms with van der Waals surface area (Å²) in [6, 6.07) is 7.70. The quantitative estimate of drug-likeness (QED) is 0.543. The van der Waals surface area contributed by atoms with Gasteiger partial charge in [-0.05, 0) is 44.9 Å². The summed E-state index contributed by atoms with van der Waals surface area (Å²) in [5.74, 6) is 0.680. The number of anilines is 1. The number of likely N-dealkylation sites (tertiary alicyclic amines) is 1. The van der Waals surface area contributed by atoms with Crippen LogP contribution in [0.4, 0.5) is 10.5 Å². The van der Waals surface area contributed by atoms with E-state index in [0.29, 0.717) is 13.1 Å². The van der Waals surface area contributed by atoms with Crippen molar-refractivity contribution in [2.45, 2.75) is 52.3 Å². The van der Waals surface area contributed by atoms with Gasteiger partial charge >= 0.3 is 6.09 Å². The molecule has 1 heterocycles. The number of nitrogens with zero attached hydrogens (tertiary/aromatic N) is 2. The molecule has 1 unspecified atom stereocenters. The first-order valence-corrected chi connectivity index (χ1v) is 9.48. The molecule has 28 heavy (non-hydrogen) atoms. The van der Waals surface area contributed by atoms with Crippen molar-refractivity contribution in [1.82, 2.24) is 15.5 Å². The van der Waals surface area contributed by atoms with Gasteiger partial charge in [-0.25, -0.2) is 4.79 Å². The SMILES string of the molecule is CN=C(NCc1cccc(NC(C)=O)c1)N1CCC(NC(=O)OC(C)(C)C)C1. The van der Waals surface area contributed by atoms with Gasteiger partial charge in [0.15, 0.2) is 5.96 Å². The summed E-state index contributed by atoms with van der Waals surface area (Å²) in [6.07, 6.45) is 0.440. The third-order valence-electron chi connectivity index (χ3n) is 4.12. The molecule has 0 radical (unpaired) electrons. The van der Waals surface area contributed by atoms with Crippen LogP contribution in [0.3, 0.4) is 0 Å². The van der Waals surface area contributed by atoms with Crippen LogP contribution >= 0.6 is 0 Å². The maximum absolute atomic E-state index is 12.0. The highest BCUT2D eigenvalue weighted by Gasteiger charge is 2.27. The highest BCUT2D eigenvalue weighted by atomic mass is 16.6. The van der Waals surface area contributed by atoms with E-state index in [1.807, 2.05) is 45.0 Å². The molecule has 1 aromatic rings. The summed E-state index contributed by atoms with van der Waals surface area (Å²) in [4.78, 5) is 29.6. The highest BCUT2D eigenvalue weighted by Crippen LogP contribution is 2.13. The zero-order valence-electron chi connectivity index (χ0n) is 17.3. The van der Waals surface area contributed by atoms with Gasteiger partial charge in [0, 0.05) is 39.3 Å². The minimum atomic E-state index is -0.508. The van der Waals surface area contributed by atoms with E-state index < -0.39 is 11.7 Å². The van der Waals surface area contributed by atoms with E-state index in [0.717, 1.165) is 30.2 Å². The van der Waals surface area contributed by atoms with Crippen LogP contribution in [0.15, 0.2) is 29.3 Å². The summed E-state index contributed by atoms with van der Waals surface area (Å²) >= 11 is 0. The van der Waals surface area contributed by atoms with Crippen molar-refractivity contribution in [2.75, 3.05) is 25.5 Å². The molecular formula is C20H31N5O3. The maximum Gasteiger partial charge on any atom is 0.407 e. The number of hydrogen-bond donors (Lipinski definition) is 3. The van der Waals surface area contributed by atoms with Crippen LogP contribution < -0.4 is 16.0 Å². The molecule has 1 fully saturated rings. The molecule has 0 aliphatic carbocycles. The lowest BCUT2D eigenvalue weighted by Crippen LogP contribution is -2.44. The molecule has 1 aliphatic rings.